The van der Waals surface area contributed by atoms with Gasteiger partial charge in [-0.25, -0.2) is 0 Å². The highest BCUT2D eigenvalue weighted by molar-refractivity contribution is 9.10. The van der Waals surface area contributed by atoms with Crippen LogP contribution in [0.4, 0.5) is 5.69 Å². The van der Waals surface area contributed by atoms with E-state index in [9.17, 15) is 0 Å². The second-order valence-corrected chi connectivity index (χ2v) is 4.80. The van der Waals surface area contributed by atoms with Crippen molar-refractivity contribution in [3.63, 3.8) is 0 Å². The molecule has 1 rings (SSSR count). The molecule has 15 heavy (non-hydrogen) atoms. The average Bonchev–Trinajstić information content (AvgIpc) is 2.19. The number of nitrogens with one attached hydrogen (secondary N) is 1. The summed E-state index contributed by atoms with van der Waals surface area (Å²) < 4.78 is 1.15. The number of benzene rings is 1. The molecule has 1 N–H and O–H groups in total. The first-order chi connectivity index (χ1) is 7.13. The van der Waals surface area contributed by atoms with E-state index in [0.717, 1.165) is 24.0 Å². The highest BCUT2D eigenvalue weighted by atomic mass is 79.9. The Bertz CT molecular complexity index is 310. The van der Waals surface area contributed by atoms with Crippen LogP contribution in [0.5, 0.6) is 0 Å². The summed E-state index contributed by atoms with van der Waals surface area (Å²) in [4.78, 5) is 2.18. The van der Waals surface area contributed by atoms with Gasteiger partial charge in [0.15, 0.2) is 0 Å². The number of halogens is 1. The van der Waals surface area contributed by atoms with Crippen LogP contribution in [0.15, 0.2) is 22.7 Å². The molecule has 0 saturated carbocycles. The summed E-state index contributed by atoms with van der Waals surface area (Å²) in [5.74, 6) is 0. The Morgan fingerprint density at radius 3 is 2.67 bits per heavy atom. The summed E-state index contributed by atoms with van der Waals surface area (Å²) >= 11 is 3.49. The van der Waals surface area contributed by atoms with Crippen molar-refractivity contribution in [2.75, 3.05) is 32.5 Å². The first-order valence-electron chi connectivity index (χ1n) is 5.30. The van der Waals surface area contributed by atoms with Crippen LogP contribution in [0.1, 0.15) is 12.5 Å². The number of rotatable bonds is 5. The van der Waals surface area contributed by atoms with Gasteiger partial charge in [-0.3, -0.25) is 0 Å². The molecule has 0 aliphatic carbocycles. The quantitative estimate of drug-likeness (QED) is 0.885. The molecular formula is C12H19BrN2. The summed E-state index contributed by atoms with van der Waals surface area (Å²) in [6.45, 7) is 4.22. The van der Waals surface area contributed by atoms with Crippen molar-refractivity contribution in [1.82, 2.24) is 4.90 Å². The van der Waals surface area contributed by atoms with Gasteiger partial charge in [0.25, 0.3) is 0 Å². The average molecular weight is 271 g/mol. The van der Waals surface area contributed by atoms with Crippen molar-refractivity contribution in [2.24, 2.45) is 0 Å². The minimum Gasteiger partial charge on any atom is -0.384 e. The highest BCUT2D eigenvalue weighted by Crippen LogP contribution is 2.21. The Kier molecular flexibility index (Phi) is 5.12. The van der Waals surface area contributed by atoms with E-state index in [2.05, 4.69) is 65.4 Å². The van der Waals surface area contributed by atoms with Gasteiger partial charge in [-0.2, -0.15) is 0 Å². The molecule has 3 heteroatoms. The van der Waals surface area contributed by atoms with Crippen LogP contribution in [0, 0.1) is 0 Å². The Morgan fingerprint density at radius 2 is 2.07 bits per heavy atom. The molecule has 0 unspecified atom stereocenters. The standard InChI is InChI=1S/C12H19BrN2/c1-4-10-9-11(13)5-6-12(10)14-7-8-15(2)3/h5-6,9,14H,4,7-8H2,1-3H3. The van der Waals surface area contributed by atoms with Crippen LogP contribution in [0.2, 0.25) is 0 Å². The molecule has 1 aromatic carbocycles. The molecule has 0 saturated heterocycles. The molecule has 0 heterocycles. The van der Waals surface area contributed by atoms with Crippen LogP contribution < -0.4 is 5.32 Å². The van der Waals surface area contributed by atoms with E-state index in [0.29, 0.717) is 0 Å². The predicted octanol–water partition coefficient (Wildman–Crippen LogP) is 2.99. The van der Waals surface area contributed by atoms with Crippen molar-refractivity contribution in [1.29, 1.82) is 0 Å². The van der Waals surface area contributed by atoms with Gasteiger partial charge in [-0.05, 0) is 44.3 Å². The van der Waals surface area contributed by atoms with Gasteiger partial charge in [0.1, 0.15) is 0 Å². The van der Waals surface area contributed by atoms with Gasteiger partial charge in [0.2, 0.25) is 0 Å². The Balaban J connectivity index is 2.60. The Labute approximate surface area is 101 Å². The maximum Gasteiger partial charge on any atom is 0.0373 e. The number of hydrogen-bond donors (Lipinski definition) is 1. The van der Waals surface area contributed by atoms with Crippen LogP contribution in [0.25, 0.3) is 0 Å². The summed E-state index contributed by atoms with van der Waals surface area (Å²) in [7, 11) is 4.17. The fourth-order valence-electron chi connectivity index (χ4n) is 1.44. The van der Waals surface area contributed by atoms with E-state index in [1.54, 1.807) is 0 Å². The van der Waals surface area contributed by atoms with Crippen LogP contribution in [-0.2, 0) is 6.42 Å². The van der Waals surface area contributed by atoms with Crippen molar-refractivity contribution in [2.45, 2.75) is 13.3 Å². The molecule has 0 fully saturated rings. The van der Waals surface area contributed by atoms with E-state index in [1.807, 2.05) is 0 Å². The zero-order valence-corrected chi connectivity index (χ0v) is 11.3. The smallest absolute Gasteiger partial charge is 0.0373 e. The molecule has 0 spiro atoms. The number of aryl methyl sites for hydroxylation is 1. The van der Waals surface area contributed by atoms with Gasteiger partial charge in [-0.1, -0.05) is 22.9 Å². The van der Waals surface area contributed by atoms with Crippen LogP contribution in [-0.4, -0.2) is 32.1 Å². The summed E-state index contributed by atoms with van der Waals surface area (Å²) in [5.41, 5.74) is 2.62. The summed E-state index contributed by atoms with van der Waals surface area (Å²) in [6.07, 6.45) is 1.06. The van der Waals surface area contributed by atoms with Crippen molar-refractivity contribution >= 4 is 21.6 Å². The lowest BCUT2D eigenvalue weighted by Gasteiger charge is -2.14. The van der Waals surface area contributed by atoms with E-state index in [4.69, 9.17) is 0 Å². The minimum absolute atomic E-state index is 0.988. The Morgan fingerprint density at radius 1 is 1.33 bits per heavy atom. The molecule has 0 radical (unpaired) electrons. The third kappa shape index (κ3) is 4.22. The van der Waals surface area contributed by atoms with Gasteiger partial charge < -0.3 is 10.2 Å². The van der Waals surface area contributed by atoms with Crippen molar-refractivity contribution in [3.8, 4) is 0 Å². The van der Waals surface area contributed by atoms with Gasteiger partial charge in [0.05, 0.1) is 0 Å². The maximum atomic E-state index is 3.49. The van der Waals surface area contributed by atoms with E-state index in [1.165, 1.54) is 11.3 Å². The SMILES string of the molecule is CCc1cc(Br)ccc1NCCN(C)C. The molecule has 0 aromatic heterocycles. The summed E-state index contributed by atoms with van der Waals surface area (Å²) in [5, 5.41) is 3.46. The second-order valence-electron chi connectivity index (χ2n) is 3.89. The zero-order chi connectivity index (χ0) is 11.3. The van der Waals surface area contributed by atoms with E-state index < -0.39 is 0 Å². The zero-order valence-electron chi connectivity index (χ0n) is 9.68. The lowest BCUT2D eigenvalue weighted by atomic mass is 10.1. The van der Waals surface area contributed by atoms with E-state index >= 15 is 0 Å². The number of nitrogens with zero attached hydrogens (tertiary/aromatic N) is 1. The molecule has 1 aromatic rings. The first kappa shape index (κ1) is 12.5. The predicted molar refractivity (Wildman–Crippen MR) is 70.6 cm³/mol. The Hall–Kier alpha value is -0.540. The van der Waals surface area contributed by atoms with Crippen LogP contribution >= 0.6 is 15.9 Å². The lowest BCUT2D eigenvalue weighted by Crippen LogP contribution is -2.21. The van der Waals surface area contributed by atoms with Crippen molar-refractivity contribution < 1.29 is 0 Å². The highest BCUT2D eigenvalue weighted by Gasteiger charge is 2.00. The molecule has 0 aliphatic rings. The van der Waals surface area contributed by atoms with Gasteiger partial charge >= 0.3 is 0 Å². The topological polar surface area (TPSA) is 15.3 Å². The van der Waals surface area contributed by atoms with Crippen LogP contribution in [0.3, 0.4) is 0 Å². The number of hydrogen-bond acceptors (Lipinski definition) is 2. The first-order valence-corrected chi connectivity index (χ1v) is 6.09. The largest absolute Gasteiger partial charge is 0.384 e. The van der Waals surface area contributed by atoms with Gasteiger partial charge in [-0.15, -0.1) is 0 Å². The normalized spacial score (nSPS) is 10.7. The molecular weight excluding hydrogens is 252 g/mol. The number of anilines is 1. The third-order valence-electron chi connectivity index (χ3n) is 2.32. The molecule has 0 bridgehead atoms. The monoisotopic (exact) mass is 270 g/mol. The van der Waals surface area contributed by atoms with E-state index in [-0.39, 0.29) is 0 Å². The molecule has 0 atom stereocenters. The molecule has 0 amide bonds. The second kappa shape index (κ2) is 6.13. The fraction of sp³-hybridized carbons (Fsp3) is 0.500. The molecule has 0 aliphatic heterocycles. The third-order valence-corrected chi connectivity index (χ3v) is 2.82. The minimum atomic E-state index is 0.988. The molecule has 84 valence electrons. The van der Waals surface area contributed by atoms with Gasteiger partial charge in [0, 0.05) is 23.2 Å². The van der Waals surface area contributed by atoms with Crippen molar-refractivity contribution in [3.05, 3.63) is 28.2 Å². The maximum absolute atomic E-state index is 3.49. The molecule has 2 nitrogen and oxygen atoms in total. The fourth-order valence-corrected chi connectivity index (χ4v) is 1.85. The lowest BCUT2D eigenvalue weighted by molar-refractivity contribution is 0.425. The number of likely N-dealkylation sites (N-methyl/N-ethyl adjacent to an activating group) is 1. The summed E-state index contributed by atoms with van der Waals surface area (Å²) in [6, 6.07) is 6.40.